The second kappa shape index (κ2) is 5.99. The lowest BCUT2D eigenvalue weighted by atomic mass is 10.2. The average molecular weight is 290 g/mol. The zero-order chi connectivity index (χ0) is 15.4. The molecule has 2 heterocycles. The summed E-state index contributed by atoms with van der Waals surface area (Å²) in [5, 5.41) is 18.0. The summed E-state index contributed by atoms with van der Waals surface area (Å²) in [6, 6.07) is 0.916. The molecule has 2 amide bonds. The molecule has 0 saturated carbocycles. The van der Waals surface area contributed by atoms with Gasteiger partial charge in [0.25, 0.3) is 0 Å². The Labute approximate surface area is 120 Å². The van der Waals surface area contributed by atoms with Crippen molar-refractivity contribution >= 4 is 17.7 Å². The zero-order valence-electron chi connectivity index (χ0n) is 11.5. The maximum absolute atomic E-state index is 12.0. The Kier molecular flexibility index (Phi) is 4.12. The summed E-state index contributed by atoms with van der Waals surface area (Å²) in [6.07, 6.45) is 2.58. The summed E-state index contributed by atoms with van der Waals surface area (Å²) >= 11 is 0. The van der Waals surface area contributed by atoms with Crippen LogP contribution in [0.5, 0.6) is 0 Å². The molecule has 9 nitrogen and oxygen atoms in total. The largest absolute Gasteiger partial charge is 0.478 e. The lowest BCUT2D eigenvalue weighted by Gasteiger charge is -2.16. The number of nitrogens with zero attached hydrogens (tertiary/aromatic N) is 4. The van der Waals surface area contributed by atoms with Crippen LogP contribution in [-0.4, -0.2) is 49.2 Å². The maximum Gasteiger partial charge on any atom is 0.337 e. The normalized spacial score (nSPS) is 10.2. The van der Waals surface area contributed by atoms with E-state index in [1.54, 1.807) is 14.0 Å². The molecule has 2 aromatic rings. The fraction of sp³-hybridized carbons (Fsp3) is 0.250. The van der Waals surface area contributed by atoms with Gasteiger partial charge in [0.2, 0.25) is 0 Å². The summed E-state index contributed by atoms with van der Waals surface area (Å²) in [5.41, 5.74) is 0.304. The average Bonchev–Trinajstić information content (AvgIpc) is 2.84. The number of hydrogen-bond acceptors (Lipinski definition) is 5. The molecule has 0 fully saturated rings. The van der Waals surface area contributed by atoms with Gasteiger partial charge in [-0.05, 0) is 13.0 Å². The Hall–Kier alpha value is -2.97. The molecule has 21 heavy (non-hydrogen) atoms. The van der Waals surface area contributed by atoms with Crippen molar-refractivity contribution in [3.05, 3.63) is 35.7 Å². The SMILES string of the molecule is Cc1nc(CN(C)C(=O)Nc2cncc(C(=O)O)c2)n[nH]1. The van der Waals surface area contributed by atoms with Crippen LogP contribution in [0.3, 0.4) is 0 Å². The minimum Gasteiger partial charge on any atom is -0.478 e. The van der Waals surface area contributed by atoms with Crippen molar-refractivity contribution in [3.63, 3.8) is 0 Å². The van der Waals surface area contributed by atoms with Gasteiger partial charge >= 0.3 is 12.0 Å². The standard InChI is InChI=1S/C12H14N6O3/c1-7-14-10(17-16-7)6-18(2)12(21)15-9-3-8(11(19)20)4-13-5-9/h3-5H,6H2,1-2H3,(H,15,21)(H,19,20)(H,14,16,17). The van der Waals surface area contributed by atoms with Crippen molar-refractivity contribution < 1.29 is 14.7 Å². The quantitative estimate of drug-likeness (QED) is 0.767. The fourth-order valence-corrected chi connectivity index (χ4v) is 1.59. The number of nitrogens with one attached hydrogen (secondary N) is 2. The lowest BCUT2D eigenvalue weighted by molar-refractivity contribution is 0.0696. The zero-order valence-corrected chi connectivity index (χ0v) is 11.5. The van der Waals surface area contributed by atoms with E-state index in [4.69, 9.17) is 5.11 Å². The van der Waals surface area contributed by atoms with Gasteiger partial charge in [0.05, 0.1) is 24.0 Å². The van der Waals surface area contributed by atoms with Gasteiger partial charge in [0.15, 0.2) is 5.82 Å². The molecule has 0 aliphatic carbocycles. The van der Waals surface area contributed by atoms with Crippen LogP contribution in [0.4, 0.5) is 10.5 Å². The number of H-pyrrole nitrogens is 1. The first-order valence-electron chi connectivity index (χ1n) is 6.04. The number of carbonyl (C=O) groups is 2. The maximum atomic E-state index is 12.0. The second-order valence-electron chi connectivity index (χ2n) is 4.39. The number of aromatic carboxylic acids is 1. The molecule has 110 valence electrons. The predicted molar refractivity (Wildman–Crippen MR) is 72.8 cm³/mol. The van der Waals surface area contributed by atoms with Crippen molar-refractivity contribution in [1.29, 1.82) is 0 Å². The van der Waals surface area contributed by atoms with E-state index in [2.05, 4.69) is 25.5 Å². The highest BCUT2D eigenvalue weighted by molar-refractivity contribution is 5.92. The topological polar surface area (TPSA) is 124 Å². The highest BCUT2D eigenvalue weighted by Gasteiger charge is 2.13. The van der Waals surface area contributed by atoms with E-state index in [1.807, 2.05) is 0 Å². The molecular formula is C12H14N6O3. The van der Waals surface area contributed by atoms with Crippen molar-refractivity contribution in [1.82, 2.24) is 25.1 Å². The molecule has 0 aromatic carbocycles. The Morgan fingerprint density at radius 3 is 2.81 bits per heavy atom. The molecule has 0 unspecified atom stereocenters. The number of carbonyl (C=O) groups excluding carboxylic acids is 1. The minimum atomic E-state index is -1.11. The van der Waals surface area contributed by atoms with Gasteiger partial charge in [-0.15, -0.1) is 0 Å². The second-order valence-corrected chi connectivity index (χ2v) is 4.39. The molecule has 0 aliphatic rings. The minimum absolute atomic E-state index is 0.0000424. The number of carboxylic acid groups (broad SMARTS) is 1. The molecule has 0 radical (unpaired) electrons. The number of amides is 2. The van der Waals surface area contributed by atoms with Crippen LogP contribution in [0.1, 0.15) is 22.0 Å². The first-order valence-corrected chi connectivity index (χ1v) is 6.04. The van der Waals surface area contributed by atoms with Crippen LogP contribution >= 0.6 is 0 Å². The van der Waals surface area contributed by atoms with E-state index in [0.717, 1.165) is 0 Å². The number of carboxylic acids is 1. The molecule has 0 bridgehead atoms. The van der Waals surface area contributed by atoms with Crippen molar-refractivity contribution in [2.45, 2.75) is 13.5 Å². The number of pyridine rings is 1. The van der Waals surface area contributed by atoms with Gasteiger partial charge in [-0.3, -0.25) is 10.1 Å². The van der Waals surface area contributed by atoms with E-state index in [0.29, 0.717) is 17.3 Å². The monoisotopic (exact) mass is 290 g/mol. The van der Waals surface area contributed by atoms with Crippen LogP contribution in [0.25, 0.3) is 0 Å². The third kappa shape index (κ3) is 3.75. The Morgan fingerprint density at radius 2 is 2.19 bits per heavy atom. The van der Waals surface area contributed by atoms with Crippen molar-refractivity contribution in [3.8, 4) is 0 Å². The third-order valence-electron chi connectivity index (χ3n) is 2.61. The van der Waals surface area contributed by atoms with E-state index in [9.17, 15) is 9.59 Å². The highest BCUT2D eigenvalue weighted by atomic mass is 16.4. The van der Waals surface area contributed by atoms with E-state index in [-0.39, 0.29) is 12.1 Å². The number of hydrogen-bond donors (Lipinski definition) is 3. The van der Waals surface area contributed by atoms with Crippen molar-refractivity contribution in [2.24, 2.45) is 0 Å². The van der Waals surface area contributed by atoms with Crippen LogP contribution in [-0.2, 0) is 6.54 Å². The van der Waals surface area contributed by atoms with Gasteiger partial charge in [-0.1, -0.05) is 0 Å². The van der Waals surface area contributed by atoms with Crippen LogP contribution in [0, 0.1) is 6.92 Å². The Morgan fingerprint density at radius 1 is 1.43 bits per heavy atom. The summed E-state index contributed by atoms with van der Waals surface area (Å²) < 4.78 is 0. The number of urea groups is 1. The van der Waals surface area contributed by atoms with E-state index >= 15 is 0 Å². The van der Waals surface area contributed by atoms with Gasteiger partial charge in [-0.25, -0.2) is 14.6 Å². The fourth-order valence-electron chi connectivity index (χ4n) is 1.59. The summed E-state index contributed by atoms with van der Waals surface area (Å²) in [4.78, 5) is 32.0. The molecule has 3 N–H and O–H groups in total. The number of anilines is 1. The number of rotatable bonds is 4. The summed E-state index contributed by atoms with van der Waals surface area (Å²) in [7, 11) is 1.58. The first-order chi connectivity index (χ1) is 9.95. The molecule has 0 atom stereocenters. The molecule has 0 spiro atoms. The number of aromatic amines is 1. The number of aryl methyl sites for hydroxylation is 1. The number of aromatic nitrogens is 4. The van der Waals surface area contributed by atoms with Gasteiger partial charge in [0, 0.05) is 13.2 Å². The van der Waals surface area contributed by atoms with Crippen molar-refractivity contribution in [2.75, 3.05) is 12.4 Å². The summed E-state index contributed by atoms with van der Waals surface area (Å²) in [6.45, 7) is 1.99. The smallest absolute Gasteiger partial charge is 0.337 e. The molecule has 9 heteroatoms. The van der Waals surface area contributed by atoms with Crippen LogP contribution in [0.15, 0.2) is 18.5 Å². The summed E-state index contributed by atoms with van der Waals surface area (Å²) in [5.74, 6) is 0.0443. The molecule has 0 aliphatic heterocycles. The molecular weight excluding hydrogens is 276 g/mol. The van der Waals surface area contributed by atoms with E-state index in [1.165, 1.54) is 23.4 Å². The highest BCUT2D eigenvalue weighted by Crippen LogP contribution is 2.09. The van der Waals surface area contributed by atoms with Gasteiger partial charge < -0.3 is 15.3 Å². The van der Waals surface area contributed by atoms with Gasteiger partial charge in [-0.2, -0.15) is 5.10 Å². The Balaban J connectivity index is 2.00. The van der Waals surface area contributed by atoms with Crippen LogP contribution < -0.4 is 5.32 Å². The molecule has 0 saturated heterocycles. The first kappa shape index (κ1) is 14.4. The van der Waals surface area contributed by atoms with Crippen LogP contribution in [0.2, 0.25) is 0 Å². The Bertz CT molecular complexity index is 669. The predicted octanol–water partition coefficient (Wildman–Crippen LogP) is 0.870. The third-order valence-corrected chi connectivity index (χ3v) is 2.61. The van der Waals surface area contributed by atoms with Gasteiger partial charge in [0.1, 0.15) is 5.82 Å². The molecule has 2 rings (SSSR count). The lowest BCUT2D eigenvalue weighted by Crippen LogP contribution is -2.31. The van der Waals surface area contributed by atoms with E-state index < -0.39 is 12.0 Å². The molecule has 2 aromatic heterocycles.